The molecule has 9 nitrogen and oxygen atoms in total. The smallest absolute Gasteiger partial charge is 0.345 e. The summed E-state index contributed by atoms with van der Waals surface area (Å²) in [6, 6.07) is 6.15. The van der Waals surface area contributed by atoms with Gasteiger partial charge in [0, 0.05) is 5.56 Å². The number of nitro groups is 1. The predicted octanol–water partition coefficient (Wildman–Crippen LogP) is 2.59. The highest BCUT2D eigenvalue weighted by atomic mass is 32.1. The average molecular weight is 378 g/mol. The van der Waals surface area contributed by atoms with Gasteiger partial charge in [0.05, 0.1) is 4.92 Å². The highest BCUT2D eigenvalue weighted by Gasteiger charge is 2.43. The molecule has 0 aliphatic heterocycles. The number of carbonyl (C=O) groups is 2. The molecule has 1 aromatic heterocycles. The molecule has 138 valence electrons. The van der Waals surface area contributed by atoms with Crippen molar-refractivity contribution >= 4 is 33.3 Å². The van der Waals surface area contributed by atoms with E-state index in [0.29, 0.717) is 17.8 Å². The number of aromatic nitrogens is 1. The molecule has 1 amide bonds. The van der Waals surface area contributed by atoms with Gasteiger partial charge in [-0.25, -0.2) is 9.78 Å². The van der Waals surface area contributed by atoms with Crippen molar-refractivity contribution in [3.63, 3.8) is 0 Å². The standard InChI is InChI=1S/C16H18N4O5S/c1-3-9(2)16(17,14(22)23)11-7-5-4-6-10(11)13(21)19-15-18-8-12(26-15)20(24)25/h4-9H,3,17H2,1-2H3,(H,22,23)(H,18,19,21)/t9-,16-/m0/s1. The summed E-state index contributed by atoms with van der Waals surface area (Å²) in [6.45, 7) is 3.51. The van der Waals surface area contributed by atoms with Crippen molar-refractivity contribution in [2.24, 2.45) is 11.7 Å². The van der Waals surface area contributed by atoms with E-state index in [1.54, 1.807) is 19.1 Å². The lowest BCUT2D eigenvalue weighted by molar-refractivity contribution is -0.380. The molecule has 0 fully saturated rings. The quantitative estimate of drug-likeness (QED) is 0.495. The minimum atomic E-state index is -1.75. The number of carboxylic acid groups (broad SMARTS) is 1. The Morgan fingerprint density at radius 2 is 2.12 bits per heavy atom. The molecule has 0 radical (unpaired) electrons. The molecule has 0 spiro atoms. The van der Waals surface area contributed by atoms with Crippen LogP contribution in [-0.2, 0) is 10.3 Å². The van der Waals surface area contributed by atoms with Gasteiger partial charge in [0.25, 0.3) is 5.91 Å². The van der Waals surface area contributed by atoms with Crippen LogP contribution in [0.2, 0.25) is 0 Å². The molecule has 0 saturated heterocycles. The first-order valence-electron chi connectivity index (χ1n) is 7.75. The van der Waals surface area contributed by atoms with Crippen LogP contribution in [0.4, 0.5) is 10.1 Å². The number of carboxylic acids is 1. The summed E-state index contributed by atoms with van der Waals surface area (Å²) in [5.74, 6) is -2.31. The van der Waals surface area contributed by atoms with Crippen molar-refractivity contribution in [3.05, 3.63) is 51.7 Å². The number of anilines is 1. The fourth-order valence-electron chi connectivity index (χ4n) is 2.53. The number of hydrogen-bond acceptors (Lipinski definition) is 7. The summed E-state index contributed by atoms with van der Waals surface area (Å²) >= 11 is 0.705. The minimum Gasteiger partial charge on any atom is -0.480 e. The second-order valence-corrected chi connectivity index (χ2v) is 6.75. The third-order valence-corrected chi connectivity index (χ3v) is 5.12. The van der Waals surface area contributed by atoms with Crippen molar-refractivity contribution in [3.8, 4) is 0 Å². The van der Waals surface area contributed by atoms with E-state index in [4.69, 9.17) is 5.73 Å². The van der Waals surface area contributed by atoms with Gasteiger partial charge in [-0.15, -0.1) is 0 Å². The largest absolute Gasteiger partial charge is 0.480 e. The Balaban J connectivity index is 2.42. The summed E-state index contributed by atoms with van der Waals surface area (Å²) in [5.41, 5.74) is 4.71. The zero-order chi connectivity index (χ0) is 19.5. The average Bonchev–Trinajstić information content (AvgIpc) is 3.08. The van der Waals surface area contributed by atoms with Gasteiger partial charge in [0.2, 0.25) is 0 Å². The number of aliphatic carboxylic acids is 1. The molecule has 1 aromatic carbocycles. The maximum absolute atomic E-state index is 12.6. The molecule has 2 rings (SSSR count). The fourth-order valence-corrected chi connectivity index (χ4v) is 3.15. The van der Waals surface area contributed by atoms with Gasteiger partial charge < -0.3 is 10.8 Å². The fraction of sp³-hybridized carbons (Fsp3) is 0.312. The first kappa shape index (κ1) is 19.5. The highest BCUT2D eigenvalue weighted by Crippen LogP contribution is 2.33. The predicted molar refractivity (Wildman–Crippen MR) is 96.1 cm³/mol. The maximum atomic E-state index is 12.6. The number of rotatable bonds is 7. The van der Waals surface area contributed by atoms with E-state index < -0.39 is 28.3 Å². The molecule has 2 aromatic rings. The van der Waals surface area contributed by atoms with Crippen LogP contribution < -0.4 is 11.1 Å². The van der Waals surface area contributed by atoms with E-state index in [1.165, 1.54) is 12.1 Å². The number of nitrogens with one attached hydrogen (secondary N) is 1. The topological polar surface area (TPSA) is 148 Å². The molecule has 26 heavy (non-hydrogen) atoms. The number of amides is 1. The molecule has 0 aliphatic rings. The Morgan fingerprint density at radius 3 is 2.65 bits per heavy atom. The Kier molecular flexibility index (Phi) is 5.68. The normalized spacial score (nSPS) is 14.3. The van der Waals surface area contributed by atoms with Crippen molar-refractivity contribution < 1.29 is 19.6 Å². The van der Waals surface area contributed by atoms with E-state index >= 15 is 0 Å². The summed E-state index contributed by atoms with van der Waals surface area (Å²) in [4.78, 5) is 38.4. The minimum absolute atomic E-state index is 0.0398. The van der Waals surface area contributed by atoms with Gasteiger partial charge >= 0.3 is 11.0 Å². The van der Waals surface area contributed by atoms with Crippen molar-refractivity contribution in [1.82, 2.24) is 4.98 Å². The molecule has 10 heteroatoms. The number of nitrogens with zero attached hydrogens (tertiary/aromatic N) is 2. The zero-order valence-corrected chi connectivity index (χ0v) is 14.9. The monoisotopic (exact) mass is 378 g/mol. The van der Waals surface area contributed by atoms with E-state index in [9.17, 15) is 24.8 Å². The van der Waals surface area contributed by atoms with Gasteiger partial charge in [0.15, 0.2) is 5.13 Å². The molecule has 1 heterocycles. The van der Waals surface area contributed by atoms with Crippen LogP contribution in [0.5, 0.6) is 0 Å². The van der Waals surface area contributed by atoms with Gasteiger partial charge in [0.1, 0.15) is 11.7 Å². The Labute approximate surface area is 153 Å². The number of carbonyl (C=O) groups excluding carboxylic acids is 1. The second-order valence-electron chi connectivity index (χ2n) is 5.74. The van der Waals surface area contributed by atoms with E-state index in [-0.39, 0.29) is 21.3 Å². The first-order chi connectivity index (χ1) is 12.2. The lowest BCUT2D eigenvalue weighted by Gasteiger charge is -2.32. The van der Waals surface area contributed by atoms with E-state index in [1.807, 2.05) is 6.92 Å². The third kappa shape index (κ3) is 3.55. The van der Waals surface area contributed by atoms with E-state index in [0.717, 1.165) is 6.20 Å². The Morgan fingerprint density at radius 1 is 1.46 bits per heavy atom. The maximum Gasteiger partial charge on any atom is 0.345 e. The van der Waals surface area contributed by atoms with Crippen molar-refractivity contribution in [2.45, 2.75) is 25.8 Å². The van der Waals surface area contributed by atoms with Crippen LogP contribution in [0.15, 0.2) is 30.5 Å². The van der Waals surface area contributed by atoms with Gasteiger partial charge in [-0.1, -0.05) is 38.5 Å². The summed E-state index contributed by atoms with van der Waals surface area (Å²) in [7, 11) is 0. The van der Waals surface area contributed by atoms with Gasteiger partial charge in [-0.05, 0) is 28.9 Å². The van der Waals surface area contributed by atoms with Crippen LogP contribution in [0, 0.1) is 16.0 Å². The number of hydrogen-bond donors (Lipinski definition) is 3. The summed E-state index contributed by atoms with van der Waals surface area (Å²) in [6.07, 6.45) is 1.53. The SMILES string of the molecule is CC[C@H](C)[C@@](N)(C(=O)O)c1ccccc1C(=O)Nc1ncc([N+](=O)[O-])s1. The molecular weight excluding hydrogens is 360 g/mol. The van der Waals surface area contributed by atoms with E-state index in [2.05, 4.69) is 10.3 Å². The molecule has 0 bridgehead atoms. The highest BCUT2D eigenvalue weighted by molar-refractivity contribution is 7.18. The molecule has 0 aliphatic carbocycles. The van der Waals surface area contributed by atoms with Crippen LogP contribution in [0.25, 0.3) is 0 Å². The molecule has 4 N–H and O–H groups in total. The lowest BCUT2D eigenvalue weighted by atomic mass is 9.76. The molecule has 2 atom stereocenters. The molecular formula is C16H18N4O5S. The Bertz CT molecular complexity index is 853. The summed E-state index contributed by atoms with van der Waals surface area (Å²) in [5, 5.41) is 22.7. The van der Waals surface area contributed by atoms with Gasteiger partial charge in [-0.2, -0.15) is 0 Å². The molecule has 0 unspecified atom stereocenters. The van der Waals surface area contributed by atoms with Crippen molar-refractivity contribution in [1.29, 1.82) is 0 Å². The van der Waals surface area contributed by atoms with Crippen LogP contribution in [-0.4, -0.2) is 26.9 Å². The second kappa shape index (κ2) is 7.58. The van der Waals surface area contributed by atoms with Crippen LogP contribution in [0.1, 0.15) is 36.2 Å². The number of thiazole rings is 1. The Hall–Kier alpha value is -2.85. The number of nitrogens with two attached hydrogens (primary N) is 1. The first-order valence-corrected chi connectivity index (χ1v) is 8.56. The van der Waals surface area contributed by atoms with Crippen molar-refractivity contribution in [2.75, 3.05) is 5.32 Å². The van der Waals surface area contributed by atoms with Gasteiger partial charge in [-0.3, -0.25) is 20.2 Å². The lowest BCUT2D eigenvalue weighted by Crippen LogP contribution is -2.51. The van der Waals surface area contributed by atoms with Crippen LogP contribution >= 0.6 is 11.3 Å². The third-order valence-electron chi connectivity index (χ3n) is 4.25. The zero-order valence-electron chi connectivity index (χ0n) is 14.1. The number of benzene rings is 1. The summed E-state index contributed by atoms with van der Waals surface area (Å²) < 4.78 is 0. The molecule has 0 saturated carbocycles. The van der Waals surface area contributed by atoms with Crippen LogP contribution in [0.3, 0.4) is 0 Å².